The number of hydrogen-bond acceptors (Lipinski definition) is 6. The summed E-state index contributed by atoms with van der Waals surface area (Å²) in [6, 6.07) is 0.0585. The SMILES string of the molecule is CCC1COCCN1C(=O)C=Cc1c(C)nn2c(=O)c(C(=O)NC3CC3)c(O)n(CC(C)C)c12. The van der Waals surface area contributed by atoms with Gasteiger partial charge in [0, 0.05) is 30.8 Å². The number of carbonyl (C=O) groups excluding carboxylic acids is 2. The van der Waals surface area contributed by atoms with Crippen molar-refractivity contribution in [1.82, 2.24) is 24.4 Å². The lowest BCUT2D eigenvalue weighted by Crippen LogP contribution is -2.47. The van der Waals surface area contributed by atoms with Crippen molar-refractivity contribution in [3.8, 4) is 5.88 Å². The van der Waals surface area contributed by atoms with E-state index in [2.05, 4.69) is 10.4 Å². The van der Waals surface area contributed by atoms with Crippen molar-refractivity contribution in [3.63, 3.8) is 0 Å². The number of aryl methyl sites for hydroxylation is 1. The van der Waals surface area contributed by atoms with E-state index in [1.807, 2.05) is 20.8 Å². The highest BCUT2D eigenvalue weighted by Gasteiger charge is 2.30. The fourth-order valence-corrected chi connectivity index (χ4v) is 4.32. The van der Waals surface area contributed by atoms with Gasteiger partial charge in [-0.15, -0.1) is 0 Å². The average Bonchev–Trinajstić information content (AvgIpc) is 3.55. The van der Waals surface area contributed by atoms with Crippen LogP contribution in [0.1, 0.15) is 61.6 Å². The molecule has 1 atom stereocenters. The molecule has 10 nitrogen and oxygen atoms in total. The van der Waals surface area contributed by atoms with Crippen LogP contribution in [0.3, 0.4) is 0 Å². The normalized spacial score (nSPS) is 18.9. The Kier molecular flexibility index (Phi) is 6.79. The highest BCUT2D eigenvalue weighted by molar-refractivity contribution is 5.97. The van der Waals surface area contributed by atoms with Gasteiger partial charge in [0.05, 0.1) is 24.9 Å². The molecule has 2 aromatic rings. The number of ether oxygens (including phenoxy) is 1. The van der Waals surface area contributed by atoms with E-state index in [0.717, 1.165) is 23.8 Å². The molecule has 3 heterocycles. The topological polar surface area (TPSA) is 118 Å². The molecule has 2 aliphatic rings. The first-order chi connectivity index (χ1) is 16.2. The number of aromatic nitrogens is 3. The summed E-state index contributed by atoms with van der Waals surface area (Å²) in [5.41, 5.74) is 0.436. The lowest BCUT2D eigenvalue weighted by molar-refractivity contribution is -0.134. The number of fused-ring (bicyclic) bond motifs is 1. The van der Waals surface area contributed by atoms with Gasteiger partial charge in [-0.2, -0.15) is 9.61 Å². The summed E-state index contributed by atoms with van der Waals surface area (Å²) >= 11 is 0. The Morgan fingerprint density at radius 3 is 2.71 bits per heavy atom. The van der Waals surface area contributed by atoms with Crippen molar-refractivity contribution in [2.45, 2.75) is 65.6 Å². The van der Waals surface area contributed by atoms with E-state index < -0.39 is 11.5 Å². The Labute approximate surface area is 198 Å². The first-order valence-corrected chi connectivity index (χ1v) is 11.9. The average molecular weight is 472 g/mol. The summed E-state index contributed by atoms with van der Waals surface area (Å²) in [5, 5.41) is 18.2. The molecule has 1 saturated carbocycles. The summed E-state index contributed by atoms with van der Waals surface area (Å²) < 4.78 is 8.19. The predicted molar refractivity (Wildman–Crippen MR) is 127 cm³/mol. The van der Waals surface area contributed by atoms with Crippen molar-refractivity contribution in [2.75, 3.05) is 19.8 Å². The highest BCUT2D eigenvalue weighted by Crippen LogP contribution is 2.26. The molecule has 1 aliphatic carbocycles. The van der Waals surface area contributed by atoms with Crippen molar-refractivity contribution in [3.05, 3.63) is 33.3 Å². The summed E-state index contributed by atoms with van der Waals surface area (Å²) in [7, 11) is 0. The van der Waals surface area contributed by atoms with E-state index in [9.17, 15) is 19.5 Å². The van der Waals surface area contributed by atoms with E-state index >= 15 is 0 Å². The second kappa shape index (κ2) is 9.61. The maximum atomic E-state index is 13.2. The number of nitrogens with zero attached hydrogens (tertiary/aromatic N) is 4. The van der Waals surface area contributed by atoms with Crippen LogP contribution in [0.4, 0.5) is 0 Å². The molecule has 1 unspecified atom stereocenters. The molecule has 0 radical (unpaired) electrons. The summed E-state index contributed by atoms with van der Waals surface area (Å²) in [6.07, 6.45) is 5.64. The van der Waals surface area contributed by atoms with Gasteiger partial charge in [-0.1, -0.05) is 20.8 Å². The van der Waals surface area contributed by atoms with Crippen LogP contribution in [-0.2, 0) is 16.1 Å². The number of nitrogens with one attached hydrogen (secondary N) is 1. The van der Waals surface area contributed by atoms with Crippen LogP contribution in [0, 0.1) is 12.8 Å². The lowest BCUT2D eigenvalue weighted by atomic mass is 10.1. The first kappa shape index (κ1) is 24.0. The van der Waals surface area contributed by atoms with Gasteiger partial charge in [0.15, 0.2) is 5.56 Å². The molecule has 1 saturated heterocycles. The zero-order valence-corrected chi connectivity index (χ0v) is 20.2. The molecule has 10 heteroatoms. The highest BCUT2D eigenvalue weighted by atomic mass is 16.5. The summed E-state index contributed by atoms with van der Waals surface area (Å²) in [6.45, 7) is 9.60. The number of amides is 2. The van der Waals surface area contributed by atoms with Crippen LogP contribution in [0.25, 0.3) is 11.7 Å². The van der Waals surface area contributed by atoms with E-state index in [-0.39, 0.29) is 35.4 Å². The van der Waals surface area contributed by atoms with Gasteiger partial charge >= 0.3 is 0 Å². The number of morpholine rings is 1. The molecule has 4 rings (SSSR count). The first-order valence-electron chi connectivity index (χ1n) is 11.9. The van der Waals surface area contributed by atoms with E-state index in [0.29, 0.717) is 43.2 Å². The van der Waals surface area contributed by atoms with Crippen LogP contribution >= 0.6 is 0 Å². The molecule has 2 N–H and O–H groups in total. The Bertz CT molecular complexity index is 1190. The van der Waals surface area contributed by atoms with Gasteiger partial charge in [-0.25, -0.2) is 0 Å². The zero-order valence-electron chi connectivity index (χ0n) is 20.2. The number of carbonyl (C=O) groups is 2. The maximum Gasteiger partial charge on any atom is 0.291 e. The van der Waals surface area contributed by atoms with Crippen LogP contribution in [-0.4, -0.2) is 67.8 Å². The second-order valence-electron chi connectivity index (χ2n) is 9.49. The largest absolute Gasteiger partial charge is 0.494 e. The number of rotatable bonds is 7. The van der Waals surface area contributed by atoms with Crippen LogP contribution in [0.5, 0.6) is 5.88 Å². The molecule has 0 bridgehead atoms. The molecule has 0 spiro atoms. The Morgan fingerprint density at radius 2 is 2.06 bits per heavy atom. The Morgan fingerprint density at radius 1 is 1.32 bits per heavy atom. The second-order valence-corrected chi connectivity index (χ2v) is 9.49. The number of aromatic hydroxyl groups is 1. The van der Waals surface area contributed by atoms with Crippen molar-refractivity contribution in [1.29, 1.82) is 0 Å². The fourth-order valence-electron chi connectivity index (χ4n) is 4.32. The summed E-state index contributed by atoms with van der Waals surface area (Å²) in [4.78, 5) is 40.7. The Balaban J connectivity index is 1.79. The van der Waals surface area contributed by atoms with Gasteiger partial charge in [-0.3, -0.25) is 19.0 Å². The van der Waals surface area contributed by atoms with Gasteiger partial charge in [0.25, 0.3) is 11.5 Å². The maximum absolute atomic E-state index is 13.2. The van der Waals surface area contributed by atoms with Crippen molar-refractivity contribution >= 4 is 23.5 Å². The number of hydrogen-bond donors (Lipinski definition) is 2. The van der Waals surface area contributed by atoms with Gasteiger partial charge in [0.2, 0.25) is 11.8 Å². The fraction of sp³-hybridized carbons (Fsp3) is 0.583. The lowest BCUT2D eigenvalue weighted by Gasteiger charge is -2.34. The van der Waals surface area contributed by atoms with E-state index in [4.69, 9.17) is 4.74 Å². The molecule has 34 heavy (non-hydrogen) atoms. The monoisotopic (exact) mass is 471 g/mol. The van der Waals surface area contributed by atoms with E-state index in [1.165, 1.54) is 6.08 Å². The third-order valence-corrected chi connectivity index (χ3v) is 6.28. The smallest absolute Gasteiger partial charge is 0.291 e. The molecule has 2 amide bonds. The van der Waals surface area contributed by atoms with Crippen molar-refractivity contribution < 1.29 is 19.4 Å². The quantitative estimate of drug-likeness (QED) is 0.594. The molecule has 2 fully saturated rings. The van der Waals surface area contributed by atoms with Gasteiger partial charge in [-0.05, 0) is 38.2 Å². The van der Waals surface area contributed by atoms with Gasteiger partial charge < -0.3 is 20.1 Å². The molecule has 1 aliphatic heterocycles. The summed E-state index contributed by atoms with van der Waals surface area (Å²) in [5.74, 6) is -1.01. The third-order valence-electron chi connectivity index (χ3n) is 6.28. The molecule has 2 aromatic heterocycles. The zero-order chi connectivity index (χ0) is 24.6. The Hall–Kier alpha value is -3.14. The van der Waals surface area contributed by atoms with Crippen LogP contribution in [0.15, 0.2) is 10.9 Å². The minimum Gasteiger partial charge on any atom is -0.494 e. The standard InChI is InChI=1S/C24H33N5O5/c1-5-17-13-34-11-10-27(17)19(30)9-8-18-15(4)26-29-22(18)28(12-14(2)3)23(32)20(24(29)33)21(31)25-16-6-7-16/h8-9,14,16-17,32H,5-7,10-13H2,1-4H3,(H,25,31). The van der Waals surface area contributed by atoms with Gasteiger partial charge in [0.1, 0.15) is 5.65 Å². The van der Waals surface area contributed by atoms with Crippen LogP contribution < -0.4 is 10.9 Å². The minimum atomic E-state index is -0.682. The molecule has 0 aromatic carbocycles. The van der Waals surface area contributed by atoms with Crippen molar-refractivity contribution in [2.24, 2.45) is 5.92 Å². The molecular formula is C24H33N5O5. The van der Waals surface area contributed by atoms with E-state index in [1.54, 1.807) is 22.5 Å². The molecular weight excluding hydrogens is 438 g/mol. The van der Waals surface area contributed by atoms with Crippen LogP contribution in [0.2, 0.25) is 0 Å². The third kappa shape index (κ3) is 4.59. The minimum absolute atomic E-state index is 0.0200. The predicted octanol–water partition coefficient (Wildman–Crippen LogP) is 1.71. The molecule has 184 valence electrons.